The van der Waals surface area contributed by atoms with Crippen LogP contribution in [0.25, 0.3) is 0 Å². The molecule has 0 bridgehead atoms. The minimum atomic E-state index is -4.23. The number of alkyl halides is 4. The van der Waals surface area contributed by atoms with Crippen molar-refractivity contribution in [3.05, 3.63) is 30.3 Å². The molecule has 1 aromatic rings. The number of Topliss-reactive ketones (excluding diaryl/α,β-unsaturated/α-hetero) is 1. The maximum absolute atomic E-state index is 13.4. The van der Waals surface area contributed by atoms with Crippen molar-refractivity contribution >= 4 is 17.5 Å². The molecule has 0 saturated carbocycles. The van der Waals surface area contributed by atoms with Gasteiger partial charge in [-0.1, -0.05) is 18.2 Å². The van der Waals surface area contributed by atoms with E-state index in [1.807, 2.05) is 0 Å². The minimum Gasteiger partial charge on any atom is -0.300 e. The Balaban J connectivity index is 2.75. The van der Waals surface area contributed by atoms with E-state index in [0.29, 0.717) is 0 Å². The summed E-state index contributed by atoms with van der Waals surface area (Å²) in [5, 5.41) is -4.23. The van der Waals surface area contributed by atoms with Gasteiger partial charge < -0.3 is 4.79 Å². The highest BCUT2D eigenvalue weighted by Crippen LogP contribution is 2.48. The predicted octanol–water partition coefficient (Wildman–Crippen LogP) is 4.38. The summed E-state index contributed by atoms with van der Waals surface area (Å²) >= 11 is -0.190. The molecule has 0 aliphatic heterocycles. The van der Waals surface area contributed by atoms with E-state index in [9.17, 15) is 22.4 Å². The van der Waals surface area contributed by atoms with Gasteiger partial charge in [0.05, 0.1) is 0 Å². The van der Waals surface area contributed by atoms with E-state index in [-0.39, 0.29) is 16.7 Å². The van der Waals surface area contributed by atoms with Gasteiger partial charge in [-0.25, -0.2) is 0 Å². The Morgan fingerprint density at radius 1 is 1.17 bits per heavy atom. The quantitative estimate of drug-likeness (QED) is 0.568. The van der Waals surface area contributed by atoms with Gasteiger partial charge in [0, 0.05) is 17.7 Å². The molecule has 0 N–H and O–H groups in total. The molecule has 0 aliphatic carbocycles. The Kier molecular flexibility index (Phi) is 4.78. The van der Waals surface area contributed by atoms with Gasteiger partial charge in [0.2, 0.25) is 0 Å². The number of ketones is 1. The second-order valence-electron chi connectivity index (χ2n) is 3.84. The van der Waals surface area contributed by atoms with Crippen LogP contribution in [-0.2, 0) is 4.79 Å². The highest BCUT2D eigenvalue weighted by Gasteiger charge is 2.56. The molecule has 18 heavy (non-hydrogen) atoms. The fourth-order valence-corrected chi connectivity index (χ4v) is 2.03. The van der Waals surface area contributed by atoms with Crippen LogP contribution in [-0.4, -0.2) is 17.0 Å². The summed E-state index contributed by atoms with van der Waals surface area (Å²) in [5.41, 5.74) is 0. The topological polar surface area (TPSA) is 17.1 Å². The number of carbonyl (C=O) groups excluding carboxylic acids is 1. The van der Waals surface area contributed by atoms with Crippen LogP contribution >= 0.6 is 11.8 Å². The molecule has 0 radical (unpaired) electrons. The first-order valence-electron chi connectivity index (χ1n) is 5.24. The number of hydrogen-bond donors (Lipinski definition) is 0. The van der Waals surface area contributed by atoms with Gasteiger partial charge in [0.15, 0.2) is 0 Å². The van der Waals surface area contributed by atoms with E-state index in [1.165, 1.54) is 24.3 Å². The Hall–Kier alpha value is -1.04. The summed E-state index contributed by atoms with van der Waals surface area (Å²) in [6.45, 7) is 1.10. The molecule has 1 aromatic carbocycles. The van der Waals surface area contributed by atoms with Gasteiger partial charge in [0.25, 0.3) is 0 Å². The van der Waals surface area contributed by atoms with E-state index in [2.05, 4.69) is 0 Å². The first-order valence-corrected chi connectivity index (χ1v) is 6.05. The molecule has 0 atom stereocenters. The fraction of sp³-hybridized carbons (Fsp3) is 0.417. The normalized spacial score (nSPS) is 12.5. The first kappa shape index (κ1) is 15.0. The van der Waals surface area contributed by atoms with Crippen LogP contribution < -0.4 is 0 Å². The average molecular weight is 280 g/mol. The first-order chi connectivity index (χ1) is 8.24. The number of benzene rings is 1. The molecule has 0 saturated heterocycles. The average Bonchev–Trinajstić information content (AvgIpc) is 2.27. The van der Waals surface area contributed by atoms with E-state index < -0.39 is 29.8 Å². The summed E-state index contributed by atoms with van der Waals surface area (Å²) in [6, 6.07) is 7.26. The van der Waals surface area contributed by atoms with Gasteiger partial charge in [-0.15, -0.1) is 0 Å². The van der Waals surface area contributed by atoms with Crippen molar-refractivity contribution < 1.29 is 22.4 Å². The summed E-state index contributed by atoms with van der Waals surface area (Å²) in [4.78, 5) is 10.7. The highest BCUT2D eigenvalue weighted by molar-refractivity contribution is 8.00. The maximum Gasteiger partial charge on any atom is 0.360 e. The Labute approximate surface area is 107 Å². The van der Waals surface area contributed by atoms with E-state index in [1.54, 1.807) is 6.07 Å². The van der Waals surface area contributed by atoms with Crippen LogP contribution in [0.5, 0.6) is 0 Å². The van der Waals surface area contributed by atoms with E-state index in [0.717, 1.165) is 6.92 Å². The standard InChI is InChI=1S/C12H12F4OS/c1-9(17)7-8-11(13,14)12(15,16)18-10-5-3-2-4-6-10/h2-6H,7-8H2,1H3. The zero-order chi connectivity index (χ0) is 13.8. The molecule has 0 fully saturated rings. The molecule has 1 nitrogen and oxygen atoms in total. The largest absolute Gasteiger partial charge is 0.360 e. The molecular weight excluding hydrogens is 268 g/mol. The summed E-state index contributed by atoms with van der Waals surface area (Å²) < 4.78 is 53.5. The van der Waals surface area contributed by atoms with Crippen molar-refractivity contribution in [3.63, 3.8) is 0 Å². The number of hydrogen-bond acceptors (Lipinski definition) is 2. The second-order valence-corrected chi connectivity index (χ2v) is 5.03. The Bertz CT molecular complexity index is 406. The summed E-state index contributed by atoms with van der Waals surface area (Å²) in [6.07, 6.45) is -1.70. The smallest absolute Gasteiger partial charge is 0.300 e. The van der Waals surface area contributed by atoms with Crippen molar-refractivity contribution in [1.82, 2.24) is 0 Å². The molecular formula is C12H12F4OS. The van der Waals surface area contributed by atoms with Crippen LogP contribution in [0.15, 0.2) is 35.2 Å². The number of thioether (sulfide) groups is 1. The lowest BCUT2D eigenvalue weighted by Crippen LogP contribution is -2.37. The third kappa shape index (κ3) is 4.01. The van der Waals surface area contributed by atoms with Gasteiger partial charge in [-0.3, -0.25) is 0 Å². The molecule has 6 heteroatoms. The minimum absolute atomic E-state index is 0.0602. The Morgan fingerprint density at radius 2 is 1.72 bits per heavy atom. The lowest BCUT2D eigenvalue weighted by atomic mass is 10.1. The number of halogens is 4. The molecule has 0 amide bonds. The van der Waals surface area contributed by atoms with E-state index in [4.69, 9.17) is 0 Å². The lowest BCUT2D eigenvalue weighted by Gasteiger charge is -2.25. The van der Waals surface area contributed by atoms with Gasteiger partial charge in [-0.2, -0.15) is 17.6 Å². The number of rotatable bonds is 6. The lowest BCUT2D eigenvalue weighted by molar-refractivity contribution is -0.158. The predicted molar refractivity (Wildman–Crippen MR) is 62.1 cm³/mol. The van der Waals surface area contributed by atoms with Crippen molar-refractivity contribution in [2.75, 3.05) is 0 Å². The fourth-order valence-electron chi connectivity index (χ4n) is 1.19. The van der Waals surface area contributed by atoms with Crippen LogP contribution in [0, 0.1) is 0 Å². The van der Waals surface area contributed by atoms with Gasteiger partial charge in [0.1, 0.15) is 5.78 Å². The van der Waals surface area contributed by atoms with Crippen molar-refractivity contribution in [1.29, 1.82) is 0 Å². The molecule has 0 heterocycles. The maximum atomic E-state index is 13.4. The summed E-state index contributed by atoms with van der Waals surface area (Å²) in [7, 11) is 0. The third-order valence-corrected chi connectivity index (χ3v) is 3.27. The zero-order valence-corrected chi connectivity index (χ0v) is 10.4. The zero-order valence-electron chi connectivity index (χ0n) is 9.63. The van der Waals surface area contributed by atoms with Crippen LogP contribution in [0.4, 0.5) is 17.6 Å². The molecule has 0 spiro atoms. The van der Waals surface area contributed by atoms with Gasteiger partial charge >= 0.3 is 11.2 Å². The van der Waals surface area contributed by atoms with Gasteiger partial charge in [-0.05, 0) is 30.8 Å². The highest BCUT2D eigenvalue weighted by atomic mass is 32.2. The van der Waals surface area contributed by atoms with Crippen LogP contribution in [0.3, 0.4) is 0 Å². The van der Waals surface area contributed by atoms with Crippen LogP contribution in [0.1, 0.15) is 19.8 Å². The SMILES string of the molecule is CC(=O)CCC(F)(F)C(F)(F)Sc1ccccc1. The number of carbonyl (C=O) groups is 1. The van der Waals surface area contributed by atoms with Crippen molar-refractivity contribution in [2.24, 2.45) is 0 Å². The molecule has 0 aliphatic rings. The Morgan fingerprint density at radius 3 is 2.22 bits per heavy atom. The molecule has 0 unspecified atom stereocenters. The molecule has 0 aromatic heterocycles. The van der Waals surface area contributed by atoms with Crippen molar-refractivity contribution in [2.45, 2.75) is 35.8 Å². The van der Waals surface area contributed by atoms with E-state index >= 15 is 0 Å². The molecule has 1 rings (SSSR count). The second kappa shape index (κ2) is 5.73. The van der Waals surface area contributed by atoms with Crippen molar-refractivity contribution in [3.8, 4) is 0 Å². The molecule has 100 valence electrons. The summed E-state index contributed by atoms with van der Waals surface area (Å²) in [5.74, 6) is -4.74. The third-order valence-electron chi connectivity index (χ3n) is 2.21. The monoisotopic (exact) mass is 280 g/mol. The van der Waals surface area contributed by atoms with Crippen LogP contribution in [0.2, 0.25) is 0 Å².